The Kier molecular flexibility index (Phi) is 7.03. The zero-order valence-electron chi connectivity index (χ0n) is 29.6. The van der Waals surface area contributed by atoms with E-state index in [0.717, 1.165) is 45.4 Å². The van der Waals surface area contributed by atoms with Crippen LogP contribution in [0.4, 0.5) is 11.4 Å². The van der Waals surface area contributed by atoms with Crippen LogP contribution in [0.5, 0.6) is 0 Å². The maximum atomic E-state index is 6.59. The van der Waals surface area contributed by atoms with Gasteiger partial charge < -0.3 is 9.32 Å². The highest BCUT2D eigenvalue weighted by molar-refractivity contribution is 6.18. The van der Waals surface area contributed by atoms with Gasteiger partial charge in [0.2, 0.25) is 0 Å². The van der Waals surface area contributed by atoms with Crippen LogP contribution in [0.25, 0.3) is 76.2 Å². The average molecular weight is 690 g/mol. The Balaban J connectivity index is 1.11. The van der Waals surface area contributed by atoms with Crippen molar-refractivity contribution in [2.75, 3.05) is 4.90 Å². The van der Waals surface area contributed by atoms with E-state index in [1.165, 1.54) is 59.8 Å². The maximum absolute atomic E-state index is 6.59. The summed E-state index contributed by atoms with van der Waals surface area (Å²) in [5.41, 5.74) is 8.99. The molecule has 54 heavy (non-hydrogen) atoms. The van der Waals surface area contributed by atoms with Crippen molar-refractivity contribution < 1.29 is 4.42 Å². The molecule has 1 aromatic heterocycles. The molecule has 9 aromatic carbocycles. The van der Waals surface area contributed by atoms with Gasteiger partial charge in [-0.1, -0.05) is 146 Å². The molecule has 10 aromatic rings. The molecule has 11 rings (SSSR count). The summed E-state index contributed by atoms with van der Waals surface area (Å²) in [7, 11) is 0. The molecule has 0 saturated carbocycles. The Hall–Kier alpha value is -6.90. The molecule has 0 aliphatic heterocycles. The molecule has 2 heteroatoms. The van der Waals surface area contributed by atoms with Crippen LogP contribution in [-0.2, 0) is 0 Å². The fourth-order valence-electron chi connectivity index (χ4n) is 8.75. The second kappa shape index (κ2) is 12.4. The van der Waals surface area contributed by atoms with Crippen LogP contribution >= 0.6 is 0 Å². The number of allylic oxidation sites excluding steroid dienone is 3. The highest BCUT2D eigenvalue weighted by Crippen LogP contribution is 2.45. The summed E-state index contributed by atoms with van der Waals surface area (Å²) >= 11 is 0. The van der Waals surface area contributed by atoms with Gasteiger partial charge in [0.05, 0.1) is 11.1 Å². The Morgan fingerprint density at radius 3 is 2.00 bits per heavy atom. The van der Waals surface area contributed by atoms with Crippen molar-refractivity contribution in [3.05, 3.63) is 205 Å². The van der Waals surface area contributed by atoms with Gasteiger partial charge in [0.15, 0.2) is 0 Å². The third kappa shape index (κ3) is 4.95. The Morgan fingerprint density at radius 2 is 1.17 bits per heavy atom. The largest absolute Gasteiger partial charge is 0.456 e. The molecule has 0 saturated heterocycles. The zero-order chi connectivity index (χ0) is 35.6. The molecule has 0 amide bonds. The molecular weight excluding hydrogens is 655 g/mol. The summed E-state index contributed by atoms with van der Waals surface area (Å²) in [4.78, 5) is 2.43. The number of benzene rings is 9. The minimum absolute atomic E-state index is 0.338. The molecular formula is C52H35NO. The van der Waals surface area contributed by atoms with Gasteiger partial charge >= 0.3 is 0 Å². The Labute approximate surface area is 313 Å². The summed E-state index contributed by atoms with van der Waals surface area (Å²) in [5.74, 6) is 0.338. The first-order valence-corrected chi connectivity index (χ1v) is 18.8. The maximum Gasteiger partial charge on any atom is 0.137 e. The summed E-state index contributed by atoms with van der Waals surface area (Å²) in [6.07, 6.45) is 7.99. The first kappa shape index (κ1) is 30.7. The monoisotopic (exact) mass is 689 g/mol. The number of fused-ring (bicyclic) bond motifs is 8. The number of anilines is 2. The predicted molar refractivity (Wildman–Crippen MR) is 229 cm³/mol. The van der Waals surface area contributed by atoms with Crippen LogP contribution in [0.15, 0.2) is 204 Å². The first-order chi connectivity index (χ1) is 26.8. The number of hydrogen-bond acceptors (Lipinski definition) is 2. The van der Waals surface area contributed by atoms with E-state index in [1.54, 1.807) is 0 Å². The Morgan fingerprint density at radius 1 is 0.463 bits per heavy atom. The molecule has 1 aliphatic carbocycles. The van der Waals surface area contributed by atoms with Crippen molar-refractivity contribution in [2.24, 2.45) is 0 Å². The minimum Gasteiger partial charge on any atom is -0.456 e. The van der Waals surface area contributed by atoms with Crippen LogP contribution in [0.2, 0.25) is 0 Å². The zero-order valence-corrected chi connectivity index (χ0v) is 29.6. The number of nitrogens with zero attached hydrogens (tertiary/aromatic N) is 1. The van der Waals surface area contributed by atoms with Crippen molar-refractivity contribution in [3.8, 4) is 11.1 Å². The second-order valence-electron chi connectivity index (χ2n) is 14.4. The lowest BCUT2D eigenvalue weighted by atomic mass is 9.90. The molecule has 1 aliphatic rings. The van der Waals surface area contributed by atoms with E-state index in [9.17, 15) is 0 Å². The molecule has 1 heterocycles. The van der Waals surface area contributed by atoms with E-state index >= 15 is 0 Å². The fourth-order valence-corrected chi connectivity index (χ4v) is 8.75. The average Bonchev–Trinajstić information content (AvgIpc) is 3.61. The van der Waals surface area contributed by atoms with Crippen LogP contribution in [-0.4, -0.2) is 0 Å². The predicted octanol–water partition coefficient (Wildman–Crippen LogP) is 14.6. The molecule has 0 spiro atoms. The van der Waals surface area contributed by atoms with Crippen LogP contribution in [0.1, 0.15) is 17.9 Å². The minimum atomic E-state index is 0.338. The summed E-state index contributed by atoms with van der Waals surface area (Å²) < 4.78 is 6.59. The van der Waals surface area contributed by atoms with Crippen molar-refractivity contribution in [2.45, 2.75) is 12.3 Å². The lowest BCUT2D eigenvalue weighted by Crippen LogP contribution is -2.17. The van der Waals surface area contributed by atoms with E-state index in [-0.39, 0.29) is 0 Å². The second-order valence-corrected chi connectivity index (χ2v) is 14.4. The van der Waals surface area contributed by atoms with Gasteiger partial charge in [-0.15, -0.1) is 0 Å². The normalized spacial score (nSPS) is 14.4. The van der Waals surface area contributed by atoms with E-state index in [4.69, 9.17) is 4.42 Å². The molecule has 0 fully saturated rings. The van der Waals surface area contributed by atoms with Gasteiger partial charge in [-0.3, -0.25) is 0 Å². The quantitative estimate of drug-likeness (QED) is 0.167. The number of hydrogen-bond donors (Lipinski definition) is 0. The van der Waals surface area contributed by atoms with Gasteiger partial charge in [0.25, 0.3) is 0 Å². The third-order valence-corrected chi connectivity index (χ3v) is 11.3. The van der Waals surface area contributed by atoms with E-state index in [0.29, 0.717) is 5.92 Å². The van der Waals surface area contributed by atoms with Crippen molar-refractivity contribution in [1.82, 2.24) is 0 Å². The van der Waals surface area contributed by atoms with Gasteiger partial charge in [-0.05, 0) is 115 Å². The highest BCUT2D eigenvalue weighted by atomic mass is 16.3. The van der Waals surface area contributed by atoms with Gasteiger partial charge in [0, 0.05) is 22.7 Å². The van der Waals surface area contributed by atoms with Crippen molar-refractivity contribution in [3.63, 3.8) is 0 Å². The smallest absolute Gasteiger partial charge is 0.137 e. The number of rotatable bonds is 5. The van der Waals surface area contributed by atoms with Crippen LogP contribution < -0.4 is 4.90 Å². The molecule has 2 nitrogen and oxygen atoms in total. The summed E-state index contributed by atoms with van der Waals surface area (Å²) in [6.45, 7) is 0. The fraction of sp³-hybridized carbons (Fsp3) is 0.0385. The van der Waals surface area contributed by atoms with E-state index in [1.807, 2.05) is 0 Å². The van der Waals surface area contributed by atoms with Gasteiger partial charge in [-0.2, -0.15) is 0 Å². The third-order valence-electron chi connectivity index (χ3n) is 11.3. The molecule has 1 unspecified atom stereocenters. The summed E-state index contributed by atoms with van der Waals surface area (Å²) in [5, 5.41) is 12.1. The standard InChI is InChI=1S/C52H35NO/c1-2-12-34(13-3-1)35-24-26-40(27-25-35)53(49-22-11-23-50-52(49)48-31-36-14-4-5-15-37(36)33-51(48)54-50)41-28-29-43-38(30-41)17-10-21-45(43)47-32-39-16-6-7-18-42(39)44-19-8-9-20-46(44)47/h1-24,26-33,35H,25H2. The molecule has 0 radical (unpaired) electrons. The van der Waals surface area contributed by atoms with E-state index in [2.05, 4.69) is 199 Å². The SMILES string of the molecule is C1=CC(c2ccccc2)CC=C1N(c1ccc2c(-c3cc4ccccc4c4ccccc34)cccc2c1)c1cccc2oc3cc4ccccc4cc3c12. The topological polar surface area (TPSA) is 16.4 Å². The summed E-state index contributed by atoms with van der Waals surface area (Å²) in [6, 6.07) is 63.9. The molecule has 0 N–H and O–H groups in total. The van der Waals surface area contributed by atoms with Crippen molar-refractivity contribution in [1.29, 1.82) is 0 Å². The van der Waals surface area contributed by atoms with Crippen molar-refractivity contribution >= 4 is 76.4 Å². The Bertz CT molecular complexity index is 3150. The van der Waals surface area contributed by atoms with Gasteiger partial charge in [0.1, 0.15) is 11.2 Å². The lowest BCUT2D eigenvalue weighted by Gasteiger charge is -2.30. The highest BCUT2D eigenvalue weighted by Gasteiger charge is 2.23. The molecule has 0 bridgehead atoms. The van der Waals surface area contributed by atoms with Gasteiger partial charge in [-0.25, -0.2) is 0 Å². The van der Waals surface area contributed by atoms with Crippen LogP contribution in [0, 0.1) is 0 Å². The molecule has 1 atom stereocenters. The van der Waals surface area contributed by atoms with E-state index < -0.39 is 0 Å². The number of furan rings is 1. The first-order valence-electron chi connectivity index (χ1n) is 18.8. The molecule has 254 valence electrons. The van der Waals surface area contributed by atoms with Crippen LogP contribution in [0.3, 0.4) is 0 Å². The lowest BCUT2D eigenvalue weighted by molar-refractivity contribution is 0.669.